The highest BCUT2D eigenvalue weighted by molar-refractivity contribution is 7.21. The number of benzene rings is 2. The van der Waals surface area contributed by atoms with Crippen molar-refractivity contribution in [1.29, 1.82) is 0 Å². The molecule has 2 aromatic heterocycles. The fourth-order valence-electron chi connectivity index (χ4n) is 2.48. The van der Waals surface area contributed by atoms with Gasteiger partial charge in [-0.2, -0.15) is 0 Å². The standard InChI is InChI=1S/C19H14N2O4S/c1-21(2)19(23)24-12-8-7-11-9-13(18(22)25-15(11)10-12)17-20-14-5-3-4-6-16(14)26-17/h3-10H,1-2H3. The van der Waals surface area contributed by atoms with Gasteiger partial charge in [0.05, 0.1) is 15.8 Å². The third-order valence-corrected chi connectivity index (χ3v) is 4.87. The van der Waals surface area contributed by atoms with Crippen LogP contribution in [-0.4, -0.2) is 30.1 Å². The zero-order valence-electron chi connectivity index (χ0n) is 14.1. The third kappa shape index (κ3) is 2.93. The molecule has 0 N–H and O–H groups in total. The number of fused-ring (bicyclic) bond motifs is 2. The Morgan fingerprint density at radius 2 is 1.96 bits per heavy atom. The Morgan fingerprint density at radius 3 is 2.73 bits per heavy atom. The second kappa shape index (κ2) is 6.27. The molecule has 2 aromatic carbocycles. The van der Waals surface area contributed by atoms with E-state index in [9.17, 15) is 9.59 Å². The lowest BCUT2D eigenvalue weighted by atomic mass is 10.2. The summed E-state index contributed by atoms with van der Waals surface area (Å²) >= 11 is 1.44. The summed E-state index contributed by atoms with van der Waals surface area (Å²) in [5.41, 5.74) is 1.13. The van der Waals surface area contributed by atoms with Crippen molar-refractivity contribution in [3.63, 3.8) is 0 Å². The first-order valence-corrected chi connectivity index (χ1v) is 8.66. The fourth-order valence-corrected chi connectivity index (χ4v) is 3.45. The van der Waals surface area contributed by atoms with Crippen LogP contribution in [0.4, 0.5) is 4.79 Å². The van der Waals surface area contributed by atoms with Gasteiger partial charge in [-0.15, -0.1) is 11.3 Å². The Kier molecular flexibility index (Phi) is 3.93. The molecule has 0 aliphatic rings. The van der Waals surface area contributed by atoms with E-state index in [-0.39, 0.29) is 0 Å². The average molecular weight is 366 g/mol. The van der Waals surface area contributed by atoms with Crippen LogP contribution in [0.1, 0.15) is 0 Å². The largest absolute Gasteiger partial charge is 0.422 e. The fraction of sp³-hybridized carbons (Fsp3) is 0.105. The molecule has 7 heteroatoms. The molecule has 0 spiro atoms. The smallest absolute Gasteiger partial charge is 0.414 e. The molecule has 1 amide bonds. The number of para-hydroxylation sites is 1. The zero-order valence-corrected chi connectivity index (χ0v) is 14.9. The van der Waals surface area contributed by atoms with Crippen LogP contribution in [0.3, 0.4) is 0 Å². The first-order valence-electron chi connectivity index (χ1n) is 7.84. The van der Waals surface area contributed by atoms with Gasteiger partial charge in [-0.1, -0.05) is 12.1 Å². The van der Waals surface area contributed by atoms with Gasteiger partial charge in [0.1, 0.15) is 16.3 Å². The molecule has 0 saturated carbocycles. The van der Waals surface area contributed by atoms with Crippen molar-refractivity contribution in [2.45, 2.75) is 0 Å². The first-order chi connectivity index (χ1) is 12.5. The highest BCUT2D eigenvalue weighted by Crippen LogP contribution is 2.30. The number of ether oxygens (including phenoxy) is 1. The van der Waals surface area contributed by atoms with Crippen molar-refractivity contribution in [1.82, 2.24) is 9.88 Å². The van der Waals surface area contributed by atoms with Gasteiger partial charge >= 0.3 is 11.7 Å². The lowest BCUT2D eigenvalue weighted by Gasteiger charge is -2.10. The highest BCUT2D eigenvalue weighted by Gasteiger charge is 2.14. The molecule has 0 fully saturated rings. The van der Waals surface area contributed by atoms with Crippen LogP contribution in [0.5, 0.6) is 5.75 Å². The molecule has 130 valence electrons. The van der Waals surface area contributed by atoms with Crippen LogP contribution in [0.2, 0.25) is 0 Å². The van der Waals surface area contributed by atoms with E-state index >= 15 is 0 Å². The van der Waals surface area contributed by atoms with E-state index in [0.717, 1.165) is 15.6 Å². The molecular weight excluding hydrogens is 352 g/mol. The van der Waals surface area contributed by atoms with Gasteiger partial charge in [-0.25, -0.2) is 14.6 Å². The number of rotatable bonds is 2. The summed E-state index contributed by atoms with van der Waals surface area (Å²) in [7, 11) is 3.18. The SMILES string of the molecule is CN(C)C(=O)Oc1ccc2cc(-c3nc4ccccc4s3)c(=O)oc2c1. The summed E-state index contributed by atoms with van der Waals surface area (Å²) < 4.78 is 11.6. The van der Waals surface area contributed by atoms with E-state index < -0.39 is 11.7 Å². The maximum atomic E-state index is 12.4. The molecular formula is C19H14N2O4S. The summed E-state index contributed by atoms with van der Waals surface area (Å²) in [6.45, 7) is 0. The second-order valence-electron chi connectivity index (χ2n) is 5.90. The van der Waals surface area contributed by atoms with E-state index in [0.29, 0.717) is 21.9 Å². The predicted molar refractivity (Wildman–Crippen MR) is 101 cm³/mol. The Labute approximate surface area is 152 Å². The van der Waals surface area contributed by atoms with Gasteiger partial charge in [-0.3, -0.25) is 0 Å². The number of carbonyl (C=O) groups is 1. The lowest BCUT2D eigenvalue weighted by molar-refractivity contribution is 0.172. The number of aromatic nitrogens is 1. The van der Waals surface area contributed by atoms with Crippen molar-refractivity contribution in [2.24, 2.45) is 0 Å². The van der Waals surface area contributed by atoms with Crippen LogP contribution in [0, 0.1) is 0 Å². The van der Waals surface area contributed by atoms with Gasteiger partial charge in [-0.05, 0) is 30.3 Å². The zero-order chi connectivity index (χ0) is 18.3. The van der Waals surface area contributed by atoms with Gasteiger partial charge < -0.3 is 14.1 Å². The minimum absolute atomic E-state index is 0.312. The maximum Gasteiger partial charge on any atom is 0.414 e. The normalized spacial score (nSPS) is 11.0. The van der Waals surface area contributed by atoms with Gasteiger partial charge in [0.2, 0.25) is 0 Å². The molecule has 6 nitrogen and oxygen atoms in total. The highest BCUT2D eigenvalue weighted by atomic mass is 32.1. The average Bonchev–Trinajstić information content (AvgIpc) is 3.04. The van der Waals surface area contributed by atoms with E-state index in [4.69, 9.17) is 9.15 Å². The molecule has 26 heavy (non-hydrogen) atoms. The first kappa shape index (κ1) is 16.3. The second-order valence-corrected chi connectivity index (χ2v) is 6.93. The van der Waals surface area contributed by atoms with E-state index in [2.05, 4.69) is 4.98 Å². The van der Waals surface area contributed by atoms with Gasteiger partial charge in [0, 0.05) is 25.5 Å². The minimum Gasteiger partial charge on any atom is -0.422 e. The molecule has 0 aliphatic heterocycles. The molecule has 4 rings (SSSR count). The molecule has 0 atom stereocenters. The van der Waals surface area contributed by atoms with Crippen molar-refractivity contribution in [3.8, 4) is 16.3 Å². The van der Waals surface area contributed by atoms with Gasteiger partial charge in [0.25, 0.3) is 0 Å². The molecule has 0 unspecified atom stereocenters. The number of hydrogen-bond donors (Lipinski definition) is 0. The number of carbonyl (C=O) groups excluding carboxylic acids is 1. The molecule has 4 aromatic rings. The van der Waals surface area contributed by atoms with Gasteiger partial charge in [0.15, 0.2) is 0 Å². The quantitative estimate of drug-likeness (QED) is 0.499. The van der Waals surface area contributed by atoms with Crippen molar-refractivity contribution in [3.05, 3.63) is 59.0 Å². The Morgan fingerprint density at radius 1 is 1.15 bits per heavy atom. The molecule has 0 saturated heterocycles. The Balaban J connectivity index is 1.77. The minimum atomic E-state index is -0.502. The molecule has 0 bridgehead atoms. The van der Waals surface area contributed by atoms with Crippen LogP contribution in [0.15, 0.2) is 57.7 Å². The van der Waals surface area contributed by atoms with E-state index in [1.807, 2.05) is 24.3 Å². The number of thiazole rings is 1. The number of amides is 1. The monoisotopic (exact) mass is 366 g/mol. The van der Waals surface area contributed by atoms with E-state index in [1.165, 1.54) is 22.3 Å². The van der Waals surface area contributed by atoms with E-state index in [1.54, 1.807) is 32.3 Å². The topological polar surface area (TPSA) is 72.6 Å². The van der Waals surface area contributed by atoms with Crippen LogP contribution in [-0.2, 0) is 0 Å². The predicted octanol–water partition coefficient (Wildman–Crippen LogP) is 4.13. The summed E-state index contributed by atoms with van der Waals surface area (Å²) in [6.07, 6.45) is -0.502. The number of hydrogen-bond acceptors (Lipinski definition) is 6. The number of nitrogens with zero attached hydrogens (tertiary/aromatic N) is 2. The Hall–Kier alpha value is -3.19. The maximum absolute atomic E-state index is 12.4. The van der Waals surface area contributed by atoms with Crippen LogP contribution in [0.25, 0.3) is 31.8 Å². The summed E-state index contributed by atoms with van der Waals surface area (Å²) in [4.78, 5) is 29.9. The van der Waals surface area contributed by atoms with Crippen molar-refractivity contribution < 1.29 is 13.9 Å². The van der Waals surface area contributed by atoms with Crippen molar-refractivity contribution >= 4 is 38.6 Å². The Bertz CT molecular complexity index is 1160. The third-order valence-electron chi connectivity index (χ3n) is 3.80. The summed E-state index contributed by atoms with van der Waals surface area (Å²) in [6, 6.07) is 14.4. The van der Waals surface area contributed by atoms with Crippen LogP contribution < -0.4 is 10.4 Å². The van der Waals surface area contributed by atoms with Crippen LogP contribution >= 0.6 is 11.3 Å². The molecule has 0 aliphatic carbocycles. The van der Waals surface area contributed by atoms with Crippen molar-refractivity contribution in [2.75, 3.05) is 14.1 Å². The molecule has 2 heterocycles. The molecule has 0 radical (unpaired) electrons. The lowest BCUT2D eigenvalue weighted by Crippen LogP contribution is -2.25. The summed E-state index contributed by atoms with van der Waals surface area (Å²) in [5.74, 6) is 0.312. The summed E-state index contributed by atoms with van der Waals surface area (Å²) in [5, 5.41) is 1.34.